The van der Waals surface area contributed by atoms with Gasteiger partial charge >= 0.3 is 6.03 Å². The quantitative estimate of drug-likeness (QED) is 0.247. The molecule has 3 aromatic carbocycles. The van der Waals surface area contributed by atoms with Crippen LogP contribution in [0, 0.1) is 0 Å². The number of likely N-dealkylation sites (N-methyl/N-ethyl adjacent to an activating group) is 2. The van der Waals surface area contributed by atoms with Crippen molar-refractivity contribution in [3.05, 3.63) is 133 Å². The number of barbiturate groups is 1. The first-order valence-electron chi connectivity index (χ1n) is 12.1. The number of allylic oxidation sites excluding steroid dienone is 6. The van der Waals surface area contributed by atoms with Gasteiger partial charge in [-0.1, -0.05) is 72.8 Å². The van der Waals surface area contributed by atoms with E-state index in [0.717, 1.165) is 38.4 Å². The molecule has 0 saturated carbocycles. The number of anilines is 4. The molecular weight excluding hydrogens is 476 g/mol. The van der Waals surface area contributed by atoms with Crippen LogP contribution in [0.2, 0.25) is 0 Å². The summed E-state index contributed by atoms with van der Waals surface area (Å²) < 4.78 is 0. The Morgan fingerprint density at radius 3 is 1.42 bits per heavy atom. The number of urea groups is 1. The van der Waals surface area contributed by atoms with E-state index in [4.69, 9.17) is 0 Å². The Balaban J connectivity index is 1.48. The van der Waals surface area contributed by atoms with Gasteiger partial charge in [0.15, 0.2) is 0 Å². The van der Waals surface area contributed by atoms with E-state index < -0.39 is 17.8 Å². The molecule has 0 spiro atoms. The molecule has 2 aliphatic heterocycles. The van der Waals surface area contributed by atoms with Gasteiger partial charge in [0.1, 0.15) is 11.4 Å². The molecule has 4 amide bonds. The van der Waals surface area contributed by atoms with Crippen LogP contribution in [0.15, 0.2) is 133 Å². The third kappa shape index (κ3) is 4.41. The minimum absolute atomic E-state index is 0.0608. The normalized spacial score (nSPS) is 15.8. The summed E-state index contributed by atoms with van der Waals surface area (Å²) in [5.41, 5.74) is 4.15. The maximum atomic E-state index is 12.4. The third-order valence-electron chi connectivity index (χ3n) is 6.34. The Labute approximate surface area is 221 Å². The lowest BCUT2D eigenvalue weighted by Crippen LogP contribution is -2.52. The Kier molecular flexibility index (Phi) is 6.74. The highest BCUT2D eigenvalue weighted by atomic mass is 16.2. The van der Waals surface area contributed by atoms with Crippen LogP contribution < -0.4 is 9.80 Å². The first-order valence-corrected chi connectivity index (χ1v) is 12.1. The van der Waals surface area contributed by atoms with Crippen LogP contribution >= 0.6 is 0 Å². The standard InChI is InChI=1S/C31H26N4O3/c1-32-29(36)25(30(37)33(2)31(32)38)19-11-3-4-12-22-28-34(23-15-7-5-8-16-23)26-20-13-14-21-27(26)35(28)24-17-9-6-10-18-24/h3-22H,1-2H3/b11-3+,12-4+. The van der Waals surface area contributed by atoms with Crippen molar-refractivity contribution in [1.29, 1.82) is 0 Å². The molecule has 0 atom stereocenters. The van der Waals surface area contributed by atoms with E-state index in [-0.39, 0.29) is 5.57 Å². The fourth-order valence-corrected chi connectivity index (χ4v) is 4.45. The number of para-hydroxylation sites is 4. The molecule has 0 unspecified atom stereocenters. The van der Waals surface area contributed by atoms with Gasteiger partial charge in [0.2, 0.25) is 0 Å². The molecule has 38 heavy (non-hydrogen) atoms. The van der Waals surface area contributed by atoms with Gasteiger partial charge in [-0.25, -0.2) is 4.79 Å². The van der Waals surface area contributed by atoms with Gasteiger partial charge < -0.3 is 0 Å². The summed E-state index contributed by atoms with van der Waals surface area (Å²) >= 11 is 0. The number of rotatable bonds is 5. The van der Waals surface area contributed by atoms with Crippen LogP contribution in [-0.2, 0) is 9.59 Å². The van der Waals surface area contributed by atoms with Gasteiger partial charge in [-0.2, -0.15) is 0 Å². The molecule has 7 nitrogen and oxygen atoms in total. The van der Waals surface area contributed by atoms with E-state index >= 15 is 0 Å². The molecule has 0 radical (unpaired) electrons. The molecule has 188 valence electrons. The second-order valence-corrected chi connectivity index (χ2v) is 8.72. The van der Waals surface area contributed by atoms with Gasteiger partial charge in [-0.3, -0.25) is 29.2 Å². The molecule has 0 N–H and O–H groups in total. The van der Waals surface area contributed by atoms with Gasteiger partial charge in [0, 0.05) is 25.5 Å². The smallest absolute Gasteiger partial charge is 0.294 e. The van der Waals surface area contributed by atoms with E-state index in [9.17, 15) is 14.4 Å². The Hall–Kier alpha value is -5.17. The third-order valence-corrected chi connectivity index (χ3v) is 6.34. The molecule has 0 aliphatic carbocycles. The lowest BCUT2D eigenvalue weighted by Gasteiger charge is -2.28. The molecule has 7 heteroatoms. The second-order valence-electron chi connectivity index (χ2n) is 8.72. The summed E-state index contributed by atoms with van der Waals surface area (Å²) in [6.07, 6.45) is 10.5. The van der Waals surface area contributed by atoms with Crippen LogP contribution in [-0.4, -0.2) is 41.7 Å². The Morgan fingerprint density at radius 2 is 0.947 bits per heavy atom. The van der Waals surface area contributed by atoms with Crippen molar-refractivity contribution >= 4 is 40.6 Å². The molecule has 0 aromatic heterocycles. The second kappa shape index (κ2) is 10.4. The number of carbonyl (C=O) groups excluding carboxylic acids is 3. The highest BCUT2D eigenvalue weighted by Gasteiger charge is 2.37. The Morgan fingerprint density at radius 1 is 0.526 bits per heavy atom. The van der Waals surface area contributed by atoms with Crippen LogP contribution in [0.25, 0.3) is 0 Å². The van der Waals surface area contributed by atoms with Gasteiger partial charge in [-0.15, -0.1) is 0 Å². The van der Waals surface area contributed by atoms with Crippen LogP contribution in [0.4, 0.5) is 27.5 Å². The van der Waals surface area contributed by atoms with E-state index in [1.54, 1.807) is 12.2 Å². The summed E-state index contributed by atoms with van der Waals surface area (Å²) in [6, 6.07) is 28.0. The van der Waals surface area contributed by atoms with Gasteiger partial charge in [-0.05, 0) is 48.6 Å². The average molecular weight is 503 g/mol. The zero-order valence-electron chi connectivity index (χ0n) is 21.1. The van der Waals surface area contributed by atoms with Crippen molar-refractivity contribution in [3.8, 4) is 0 Å². The molecule has 1 fully saturated rings. The van der Waals surface area contributed by atoms with Crippen molar-refractivity contribution in [2.45, 2.75) is 0 Å². The number of fused-ring (bicyclic) bond motifs is 1. The van der Waals surface area contributed by atoms with Crippen molar-refractivity contribution < 1.29 is 14.4 Å². The fourth-order valence-electron chi connectivity index (χ4n) is 4.45. The minimum Gasteiger partial charge on any atom is -0.294 e. The minimum atomic E-state index is -0.642. The monoisotopic (exact) mass is 502 g/mol. The Bertz CT molecular complexity index is 1410. The molecule has 3 aromatic rings. The van der Waals surface area contributed by atoms with E-state index in [1.807, 2.05) is 66.8 Å². The summed E-state index contributed by atoms with van der Waals surface area (Å²) in [5.74, 6) is -0.282. The van der Waals surface area contributed by atoms with Crippen molar-refractivity contribution in [1.82, 2.24) is 9.80 Å². The van der Waals surface area contributed by atoms with E-state index in [1.165, 1.54) is 20.2 Å². The zero-order valence-corrected chi connectivity index (χ0v) is 21.1. The predicted octanol–water partition coefficient (Wildman–Crippen LogP) is 5.91. The molecule has 0 bridgehead atoms. The molecule has 5 rings (SSSR count). The topological polar surface area (TPSA) is 64.2 Å². The predicted molar refractivity (Wildman–Crippen MR) is 149 cm³/mol. The molecule has 1 saturated heterocycles. The van der Waals surface area contributed by atoms with Gasteiger partial charge in [0.25, 0.3) is 11.8 Å². The zero-order chi connectivity index (χ0) is 26.6. The number of hydrogen-bond acceptors (Lipinski definition) is 5. The largest absolute Gasteiger partial charge is 0.333 e. The van der Waals surface area contributed by atoms with Crippen LogP contribution in [0.5, 0.6) is 0 Å². The molecular formula is C31H26N4O3. The van der Waals surface area contributed by atoms with Crippen LogP contribution in [0.1, 0.15) is 0 Å². The summed E-state index contributed by atoms with van der Waals surface area (Å²) in [7, 11) is 2.71. The summed E-state index contributed by atoms with van der Waals surface area (Å²) in [5, 5.41) is 0. The lowest BCUT2D eigenvalue weighted by atomic mass is 10.1. The fraction of sp³-hybridized carbons (Fsp3) is 0.0645. The number of carbonyl (C=O) groups is 3. The van der Waals surface area contributed by atoms with Crippen molar-refractivity contribution in [2.24, 2.45) is 0 Å². The van der Waals surface area contributed by atoms with E-state index in [0.29, 0.717) is 0 Å². The number of amides is 4. The summed E-state index contributed by atoms with van der Waals surface area (Å²) in [6.45, 7) is 0. The van der Waals surface area contributed by atoms with E-state index in [2.05, 4.69) is 46.2 Å². The highest BCUT2D eigenvalue weighted by molar-refractivity contribution is 6.28. The number of nitrogens with zero attached hydrogens (tertiary/aromatic N) is 4. The number of imide groups is 2. The first-order chi connectivity index (χ1) is 18.5. The SMILES string of the molecule is CN1C(=O)C(=C/C=C/C=C/C=C2N(c3ccccc3)c3ccccc3N2c2ccccc2)C(=O)N(C)C1=O. The van der Waals surface area contributed by atoms with Gasteiger partial charge in [0.05, 0.1) is 11.4 Å². The maximum Gasteiger partial charge on any atom is 0.333 e. The van der Waals surface area contributed by atoms with Crippen molar-refractivity contribution in [3.63, 3.8) is 0 Å². The first kappa shape index (κ1) is 24.5. The molecule has 2 heterocycles. The average Bonchev–Trinajstić information content (AvgIpc) is 3.29. The van der Waals surface area contributed by atoms with Crippen molar-refractivity contribution in [2.75, 3.05) is 23.9 Å². The molecule has 2 aliphatic rings. The number of hydrogen-bond donors (Lipinski definition) is 0. The lowest BCUT2D eigenvalue weighted by molar-refractivity contribution is -0.134. The maximum absolute atomic E-state index is 12.4. The van der Waals surface area contributed by atoms with Crippen LogP contribution in [0.3, 0.4) is 0 Å². The number of benzene rings is 3. The highest BCUT2D eigenvalue weighted by Crippen LogP contribution is 2.49. The summed E-state index contributed by atoms with van der Waals surface area (Å²) in [4.78, 5) is 42.9.